The summed E-state index contributed by atoms with van der Waals surface area (Å²) >= 11 is 0. The van der Waals surface area contributed by atoms with E-state index in [9.17, 15) is 0 Å². The van der Waals surface area contributed by atoms with Crippen molar-refractivity contribution >= 4 is 38.1 Å². The first-order chi connectivity index (χ1) is 14.0. The van der Waals surface area contributed by atoms with Crippen LogP contribution in [0.3, 0.4) is 0 Å². The van der Waals surface area contributed by atoms with Crippen LogP contribution < -0.4 is 0 Å². The molecule has 0 aliphatic rings. The molecule has 0 aromatic rings. The maximum Gasteiger partial charge on any atom is 0.384 e. The fourth-order valence-electron chi connectivity index (χ4n) is 3.44. The Bertz CT molecular complexity index is 305. The molecule has 0 aliphatic heterocycles. The van der Waals surface area contributed by atoms with Crippen LogP contribution in [0.5, 0.6) is 0 Å². The Balaban J connectivity index is 4.43. The maximum atomic E-state index is 5.40. The zero-order valence-corrected chi connectivity index (χ0v) is 23.4. The topological polar surface area (TPSA) is 55.4 Å². The second-order valence-electron chi connectivity index (χ2n) is 7.24. The summed E-state index contributed by atoms with van der Waals surface area (Å²) in [5.41, 5.74) is 0. The number of unbranched alkanes of at least 4 members (excludes halogenated alkanes) is 3. The van der Waals surface area contributed by atoms with Crippen LogP contribution in [0.25, 0.3) is 0 Å². The van der Waals surface area contributed by atoms with E-state index < -0.39 is 27.9 Å². The SMILES string of the molecule is CO[Si](CCCCC([Si])(CCCC[Si](OC)OC)CCCC[Si](OC)OC)OC. The van der Waals surface area contributed by atoms with Crippen LogP contribution >= 0.6 is 0 Å². The predicted octanol–water partition coefficient (Wildman–Crippen LogP) is 4.17. The summed E-state index contributed by atoms with van der Waals surface area (Å²) in [4.78, 5) is 0. The molecule has 0 atom stereocenters. The summed E-state index contributed by atoms with van der Waals surface area (Å²) in [6.07, 6.45) is 10.6. The first-order valence-corrected chi connectivity index (χ1v) is 15.6. The van der Waals surface area contributed by atoms with Crippen molar-refractivity contribution in [1.82, 2.24) is 0 Å². The summed E-state index contributed by atoms with van der Waals surface area (Å²) in [6, 6.07) is 3.13. The Hall–Kier alpha value is 0.628. The molecule has 29 heavy (non-hydrogen) atoms. The van der Waals surface area contributed by atoms with Crippen LogP contribution in [-0.4, -0.2) is 80.8 Å². The number of hydrogen-bond donors (Lipinski definition) is 0. The van der Waals surface area contributed by atoms with E-state index in [2.05, 4.69) is 10.2 Å². The van der Waals surface area contributed by atoms with Gasteiger partial charge in [-0.15, -0.1) is 0 Å². The van der Waals surface area contributed by atoms with E-state index in [0.29, 0.717) is 0 Å². The van der Waals surface area contributed by atoms with E-state index in [-0.39, 0.29) is 5.04 Å². The Morgan fingerprint density at radius 1 is 0.483 bits per heavy atom. The number of rotatable bonds is 21. The molecule has 6 nitrogen and oxygen atoms in total. The van der Waals surface area contributed by atoms with Crippen LogP contribution in [0, 0.1) is 0 Å². The molecule has 0 heterocycles. The van der Waals surface area contributed by atoms with Gasteiger partial charge in [0.05, 0.1) is 0 Å². The van der Waals surface area contributed by atoms with Crippen molar-refractivity contribution in [3.8, 4) is 0 Å². The van der Waals surface area contributed by atoms with Gasteiger partial charge in [-0.2, -0.15) is 0 Å². The molecule has 0 aliphatic carbocycles. The first kappa shape index (κ1) is 29.6. The van der Waals surface area contributed by atoms with Crippen LogP contribution in [0.1, 0.15) is 57.8 Å². The van der Waals surface area contributed by atoms with Gasteiger partial charge >= 0.3 is 27.9 Å². The molecule has 0 unspecified atom stereocenters. The summed E-state index contributed by atoms with van der Waals surface area (Å²) in [5, 5.41) is 0.202. The van der Waals surface area contributed by atoms with E-state index in [1.807, 2.05) is 0 Å². The van der Waals surface area contributed by atoms with Crippen LogP contribution in [-0.2, 0) is 26.6 Å². The molecule has 0 aromatic heterocycles. The molecule has 0 spiro atoms. The van der Waals surface area contributed by atoms with Crippen LogP contribution in [0.2, 0.25) is 23.2 Å². The molecular weight excluding hydrogens is 437 g/mol. The summed E-state index contributed by atoms with van der Waals surface area (Å²) in [7, 11) is 11.4. The molecule has 170 valence electrons. The lowest BCUT2D eigenvalue weighted by atomic mass is 9.89. The van der Waals surface area contributed by atoms with Crippen molar-refractivity contribution in [2.75, 3.05) is 42.7 Å². The van der Waals surface area contributed by atoms with Gasteiger partial charge < -0.3 is 26.6 Å². The van der Waals surface area contributed by atoms with Gasteiger partial charge in [0.25, 0.3) is 0 Å². The highest BCUT2D eigenvalue weighted by Gasteiger charge is 2.25. The highest BCUT2D eigenvalue weighted by atomic mass is 28.3. The average molecular weight is 479 g/mol. The Morgan fingerprint density at radius 3 is 0.931 bits per heavy atom. The lowest BCUT2D eigenvalue weighted by Gasteiger charge is -2.30. The summed E-state index contributed by atoms with van der Waals surface area (Å²) < 4.78 is 32.4. The third kappa shape index (κ3) is 15.1. The van der Waals surface area contributed by atoms with E-state index >= 15 is 0 Å². The van der Waals surface area contributed by atoms with Gasteiger partial charge in [-0.25, -0.2) is 0 Å². The zero-order valence-electron chi connectivity index (χ0n) is 19.4. The Labute approximate surface area is 188 Å². The van der Waals surface area contributed by atoms with Crippen molar-refractivity contribution < 1.29 is 26.6 Å². The van der Waals surface area contributed by atoms with E-state index in [4.69, 9.17) is 26.6 Å². The second kappa shape index (κ2) is 19.3. The number of hydrogen-bond acceptors (Lipinski definition) is 6. The molecule has 0 rings (SSSR count). The van der Waals surface area contributed by atoms with Crippen molar-refractivity contribution in [2.24, 2.45) is 0 Å². The Kier molecular flexibility index (Phi) is 19.7. The smallest absolute Gasteiger partial charge is 0.384 e. The van der Waals surface area contributed by atoms with Crippen molar-refractivity contribution in [3.63, 3.8) is 0 Å². The predicted molar refractivity (Wildman–Crippen MR) is 124 cm³/mol. The van der Waals surface area contributed by atoms with Gasteiger partial charge in [-0.1, -0.05) is 57.8 Å². The van der Waals surface area contributed by atoms with Gasteiger partial charge in [-0.3, -0.25) is 0 Å². The summed E-state index contributed by atoms with van der Waals surface area (Å²) in [5.74, 6) is 0. The normalized spacial score (nSPS) is 12.6. The molecule has 6 radical (unpaired) electrons. The van der Waals surface area contributed by atoms with Crippen molar-refractivity contribution in [2.45, 2.75) is 81.0 Å². The summed E-state index contributed by atoms with van der Waals surface area (Å²) in [6.45, 7) is 0. The van der Waals surface area contributed by atoms with Gasteiger partial charge in [-0.05, 0) is 23.2 Å². The van der Waals surface area contributed by atoms with E-state index in [1.165, 1.54) is 38.5 Å². The molecule has 0 bridgehead atoms. The standard InChI is InChI=1S/C19H42O6Si4/c1-20-27(21-2)16-10-7-13-19(26,14-8-11-17-28(22-3)23-4)15-9-12-18-29(24-5)25-6/h7-18H2,1-6H3. The third-order valence-corrected chi connectivity index (χ3v) is 11.0. The quantitative estimate of drug-likeness (QED) is 0.182. The molecular formula is C19H42O6Si4. The van der Waals surface area contributed by atoms with Gasteiger partial charge in [0, 0.05) is 52.9 Å². The first-order valence-electron chi connectivity index (χ1n) is 10.5. The van der Waals surface area contributed by atoms with Crippen LogP contribution in [0.15, 0.2) is 0 Å². The molecule has 10 heteroatoms. The van der Waals surface area contributed by atoms with Crippen molar-refractivity contribution in [3.05, 3.63) is 0 Å². The second-order valence-corrected chi connectivity index (χ2v) is 14.5. The van der Waals surface area contributed by atoms with E-state index in [1.54, 1.807) is 42.7 Å². The molecule has 0 fully saturated rings. The monoisotopic (exact) mass is 478 g/mol. The molecule has 0 aromatic carbocycles. The minimum atomic E-state index is -1.08. The lowest BCUT2D eigenvalue weighted by Crippen LogP contribution is -2.20. The Morgan fingerprint density at radius 2 is 0.724 bits per heavy atom. The minimum Gasteiger partial charge on any atom is -0.397 e. The fraction of sp³-hybridized carbons (Fsp3) is 1.00. The third-order valence-electron chi connectivity index (χ3n) is 5.22. The van der Waals surface area contributed by atoms with Gasteiger partial charge in [0.1, 0.15) is 0 Å². The van der Waals surface area contributed by atoms with E-state index in [0.717, 1.165) is 37.4 Å². The molecule has 0 amide bonds. The molecule has 0 saturated heterocycles. The highest BCUT2D eigenvalue weighted by molar-refractivity contribution is 6.44. The highest BCUT2D eigenvalue weighted by Crippen LogP contribution is 2.41. The lowest BCUT2D eigenvalue weighted by molar-refractivity contribution is 0.274. The molecule has 0 N–H and O–H groups in total. The van der Waals surface area contributed by atoms with Gasteiger partial charge in [0.15, 0.2) is 0 Å². The van der Waals surface area contributed by atoms with Gasteiger partial charge in [0.2, 0.25) is 0 Å². The maximum absolute atomic E-state index is 5.40. The molecule has 0 saturated carbocycles. The largest absolute Gasteiger partial charge is 0.397 e. The fourth-order valence-corrected chi connectivity index (χ4v) is 7.31. The minimum absolute atomic E-state index is 0.202. The van der Waals surface area contributed by atoms with Crippen molar-refractivity contribution in [1.29, 1.82) is 0 Å². The average Bonchev–Trinajstić information content (AvgIpc) is 2.74. The van der Waals surface area contributed by atoms with Crippen LogP contribution in [0.4, 0.5) is 0 Å². The zero-order chi connectivity index (χ0) is 22.0.